The van der Waals surface area contributed by atoms with Crippen molar-refractivity contribution < 1.29 is 9.18 Å². The molecule has 2 heterocycles. The highest BCUT2D eigenvalue weighted by molar-refractivity contribution is 6.04. The van der Waals surface area contributed by atoms with Crippen LogP contribution in [0.15, 0.2) is 85.1 Å². The van der Waals surface area contributed by atoms with E-state index in [-0.39, 0.29) is 23.2 Å². The molecule has 1 aromatic heterocycles. The molecule has 0 bridgehead atoms. The van der Waals surface area contributed by atoms with Crippen molar-refractivity contribution in [2.45, 2.75) is 25.3 Å². The zero-order chi connectivity index (χ0) is 20.3. The van der Waals surface area contributed by atoms with Crippen molar-refractivity contribution >= 4 is 22.5 Å². The van der Waals surface area contributed by atoms with E-state index < -0.39 is 0 Å². The van der Waals surface area contributed by atoms with Gasteiger partial charge in [-0.2, -0.15) is 0 Å². The van der Waals surface area contributed by atoms with Crippen molar-refractivity contribution in [3.63, 3.8) is 0 Å². The predicted molar refractivity (Wildman–Crippen MR) is 116 cm³/mol. The van der Waals surface area contributed by atoms with Crippen molar-refractivity contribution in [3.8, 4) is 5.69 Å². The van der Waals surface area contributed by atoms with Crippen LogP contribution in [0.3, 0.4) is 0 Å². The second kappa shape index (κ2) is 6.30. The number of benzene rings is 3. The summed E-state index contributed by atoms with van der Waals surface area (Å²) in [5, 5.41) is 1.06. The summed E-state index contributed by atoms with van der Waals surface area (Å²) >= 11 is 0. The number of rotatable bonds is 3. The lowest BCUT2D eigenvalue weighted by Crippen LogP contribution is -2.29. The van der Waals surface area contributed by atoms with Gasteiger partial charge in [-0.15, -0.1) is 0 Å². The van der Waals surface area contributed by atoms with E-state index in [9.17, 15) is 9.18 Å². The molecule has 3 nitrogen and oxygen atoms in total. The van der Waals surface area contributed by atoms with Gasteiger partial charge in [0.2, 0.25) is 5.91 Å². The standard InChI is InChI=1S/C26H21FN2O/c27-20-6-8-21(9-7-20)28-15-12-19-16-22(10-11-23(19)28)29-24(18-4-2-1-3-5-18)17-26(13-14-26)25(29)30/h1-12,15-16,24H,13-14,17H2. The average Bonchev–Trinajstić information content (AvgIpc) is 3.35. The van der Waals surface area contributed by atoms with E-state index in [2.05, 4.69) is 24.3 Å². The molecule has 4 aromatic rings. The summed E-state index contributed by atoms with van der Waals surface area (Å²) in [4.78, 5) is 15.4. The van der Waals surface area contributed by atoms with Crippen LogP contribution in [0.5, 0.6) is 0 Å². The Bertz CT molecular complexity index is 1260. The van der Waals surface area contributed by atoms with Gasteiger partial charge in [-0.05, 0) is 73.4 Å². The number of fused-ring (bicyclic) bond motifs is 1. The normalized spacial score (nSPS) is 19.7. The predicted octanol–water partition coefficient (Wildman–Crippen LogP) is 6.03. The lowest BCUT2D eigenvalue weighted by molar-refractivity contribution is -0.121. The van der Waals surface area contributed by atoms with Crippen LogP contribution in [-0.2, 0) is 4.79 Å². The van der Waals surface area contributed by atoms with E-state index in [0.29, 0.717) is 0 Å². The molecule has 4 heteroatoms. The third-order valence-corrected chi connectivity index (χ3v) is 6.66. The van der Waals surface area contributed by atoms with Gasteiger partial charge in [0, 0.05) is 23.0 Å². The van der Waals surface area contributed by atoms with E-state index in [4.69, 9.17) is 0 Å². The fraction of sp³-hybridized carbons (Fsp3) is 0.192. The van der Waals surface area contributed by atoms with Crippen molar-refractivity contribution in [2.75, 3.05) is 4.90 Å². The lowest BCUT2D eigenvalue weighted by atomic mass is 9.98. The third kappa shape index (κ3) is 2.60. The molecule has 6 rings (SSSR count). The molecule has 1 saturated carbocycles. The molecule has 1 aliphatic heterocycles. The summed E-state index contributed by atoms with van der Waals surface area (Å²) in [5.74, 6) is 0.0136. The van der Waals surface area contributed by atoms with Gasteiger partial charge in [-0.1, -0.05) is 30.3 Å². The van der Waals surface area contributed by atoms with E-state index in [1.54, 1.807) is 12.1 Å². The SMILES string of the molecule is O=C1N(c2ccc3c(ccn3-c3ccc(F)cc3)c2)C(c2ccccc2)CC12CC2. The zero-order valence-corrected chi connectivity index (χ0v) is 16.5. The molecule has 3 aromatic carbocycles. The number of hydrogen-bond acceptors (Lipinski definition) is 1. The van der Waals surface area contributed by atoms with Crippen LogP contribution in [0, 0.1) is 11.2 Å². The fourth-order valence-corrected chi connectivity index (χ4v) is 4.86. The number of nitrogens with zero attached hydrogens (tertiary/aromatic N) is 2. The van der Waals surface area contributed by atoms with Crippen LogP contribution in [0.1, 0.15) is 30.9 Å². The molecule has 148 valence electrons. The van der Waals surface area contributed by atoms with Crippen LogP contribution < -0.4 is 4.90 Å². The Hall–Kier alpha value is -3.40. The molecule has 2 aliphatic rings. The van der Waals surface area contributed by atoms with E-state index in [1.165, 1.54) is 17.7 Å². The van der Waals surface area contributed by atoms with Crippen LogP contribution in [-0.4, -0.2) is 10.5 Å². The highest BCUT2D eigenvalue weighted by atomic mass is 19.1. The van der Waals surface area contributed by atoms with Crippen molar-refractivity contribution in [2.24, 2.45) is 5.41 Å². The van der Waals surface area contributed by atoms with Gasteiger partial charge in [-0.25, -0.2) is 4.39 Å². The molecule has 0 N–H and O–H groups in total. The largest absolute Gasteiger partial charge is 0.317 e. The Morgan fingerprint density at radius 2 is 1.60 bits per heavy atom. The number of aromatic nitrogens is 1. The average molecular weight is 396 g/mol. The zero-order valence-electron chi connectivity index (χ0n) is 16.5. The Kier molecular flexibility index (Phi) is 3.66. The second-order valence-corrected chi connectivity index (χ2v) is 8.49. The first-order valence-corrected chi connectivity index (χ1v) is 10.4. The first kappa shape index (κ1) is 17.5. The van der Waals surface area contributed by atoms with E-state index >= 15 is 0 Å². The smallest absolute Gasteiger partial charge is 0.233 e. The van der Waals surface area contributed by atoms with E-state index in [1.807, 2.05) is 46.0 Å². The van der Waals surface area contributed by atoms with E-state index in [0.717, 1.165) is 41.5 Å². The molecule has 1 amide bonds. The Morgan fingerprint density at radius 3 is 2.33 bits per heavy atom. The first-order chi connectivity index (χ1) is 14.6. The molecule has 1 atom stereocenters. The molecule has 1 unspecified atom stereocenters. The molecule has 2 fully saturated rings. The summed E-state index contributed by atoms with van der Waals surface area (Å²) in [6.45, 7) is 0. The van der Waals surface area contributed by atoms with Gasteiger partial charge >= 0.3 is 0 Å². The highest BCUT2D eigenvalue weighted by Gasteiger charge is 2.59. The van der Waals surface area contributed by atoms with Crippen molar-refractivity contribution in [3.05, 3.63) is 96.4 Å². The molecule has 1 spiro atoms. The van der Waals surface area contributed by atoms with Crippen molar-refractivity contribution in [1.29, 1.82) is 0 Å². The minimum atomic E-state index is -0.244. The third-order valence-electron chi connectivity index (χ3n) is 6.66. The summed E-state index contributed by atoms with van der Waals surface area (Å²) in [6, 6.07) is 25.2. The number of anilines is 1. The van der Waals surface area contributed by atoms with Gasteiger partial charge in [0.1, 0.15) is 5.82 Å². The highest BCUT2D eigenvalue weighted by Crippen LogP contribution is 2.60. The summed E-state index contributed by atoms with van der Waals surface area (Å²) in [6.07, 6.45) is 4.87. The number of carbonyl (C=O) groups is 1. The quantitative estimate of drug-likeness (QED) is 0.415. The number of halogens is 1. The summed E-state index contributed by atoms with van der Waals surface area (Å²) in [5.41, 5.74) is 3.93. The molecule has 30 heavy (non-hydrogen) atoms. The molecule has 1 saturated heterocycles. The monoisotopic (exact) mass is 396 g/mol. The topological polar surface area (TPSA) is 25.2 Å². The van der Waals surface area contributed by atoms with Gasteiger partial charge in [0.25, 0.3) is 0 Å². The Labute approximate surface area is 174 Å². The number of hydrogen-bond donors (Lipinski definition) is 0. The van der Waals surface area contributed by atoms with Crippen LogP contribution >= 0.6 is 0 Å². The second-order valence-electron chi connectivity index (χ2n) is 8.49. The maximum absolute atomic E-state index is 13.4. The lowest BCUT2D eigenvalue weighted by Gasteiger charge is -2.25. The van der Waals surface area contributed by atoms with Crippen LogP contribution in [0.4, 0.5) is 10.1 Å². The Morgan fingerprint density at radius 1 is 0.867 bits per heavy atom. The summed E-state index contributed by atoms with van der Waals surface area (Å²) < 4.78 is 15.3. The summed E-state index contributed by atoms with van der Waals surface area (Å²) in [7, 11) is 0. The minimum Gasteiger partial charge on any atom is -0.317 e. The van der Waals surface area contributed by atoms with Gasteiger partial charge < -0.3 is 9.47 Å². The molecule has 1 aliphatic carbocycles. The fourth-order valence-electron chi connectivity index (χ4n) is 4.86. The maximum Gasteiger partial charge on any atom is 0.233 e. The number of carbonyl (C=O) groups excluding carboxylic acids is 1. The molecular weight excluding hydrogens is 375 g/mol. The number of amides is 1. The van der Waals surface area contributed by atoms with Gasteiger partial charge in [0.05, 0.1) is 17.0 Å². The minimum absolute atomic E-state index is 0.0813. The first-order valence-electron chi connectivity index (χ1n) is 10.4. The van der Waals surface area contributed by atoms with Gasteiger partial charge in [0.15, 0.2) is 0 Å². The Balaban J connectivity index is 1.42. The van der Waals surface area contributed by atoms with Crippen LogP contribution in [0.25, 0.3) is 16.6 Å². The van der Waals surface area contributed by atoms with Crippen LogP contribution in [0.2, 0.25) is 0 Å². The molecular formula is C26H21FN2O. The molecule has 0 radical (unpaired) electrons. The maximum atomic E-state index is 13.4. The van der Waals surface area contributed by atoms with Crippen molar-refractivity contribution in [1.82, 2.24) is 4.57 Å². The van der Waals surface area contributed by atoms with Gasteiger partial charge in [-0.3, -0.25) is 4.79 Å².